The van der Waals surface area contributed by atoms with Gasteiger partial charge >= 0.3 is 0 Å². The Kier molecular flexibility index (Phi) is 5.08. The summed E-state index contributed by atoms with van der Waals surface area (Å²) in [6.07, 6.45) is 4.46. The van der Waals surface area contributed by atoms with E-state index in [1.807, 2.05) is 6.07 Å². The molecule has 1 aliphatic rings. The normalized spacial score (nSPS) is 14.1. The van der Waals surface area contributed by atoms with Gasteiger partial charge in [0.05, 0.1) is 12.1 Å². The number of halogens is 1. The molecule has 0 bridgehead atoms. The first-order chi connectivity index (χ1) is 13.2. The topological polar surface area (TPSA) is 44.4 Å². The predicted molar refractivity (Wildman–Crippen MR) is 109 cm³/mol. The molecule has 3 heterocycles. The lowest BCUT2D eigenvalue weighted by Crippen LogP contribution is -2.44. The second-order valence-corrected chi connectivity index (χ2v) is 6.91. The number of piperazine rings is 1. The zero-order valence-electron chi connectivity index (χ0n) is 15.2. The molecule has 3 aromatic rings. The number of methoxy groups -OCH3 is 1. The van der Waals surface area contributed by atoms with E-state index in [9.17, 15) is 0 Å². The van der Waals surface area contributed by atoms with Crippen LogP contribution in [0.15, 0.2) is 42.7 Å². The van der Waals surface area contributed by atoms with Crippen LogP contribution < -0.4 is 9.64 Å². The van der Waals surface area contributed by atoms with Crippen LogP contribution in [0.1, 0.15) is 5.56 Å². The Morgan fingerprint density at radius 3 is 2.85 bits per heavy atom. The lowest BCUT2D eigenvalue weighted by Gasteiger charge is -2.34. The quantitative estimate of drug-likeness (QED) is 0.706. The van der Waals surface area contributed by atoms with Crippen molar-refractivity contribution >= 4 is 28.3 Å². The number of hydrogen-bond acceptors (Lipinski definition) is 4. The molecule has 6 heteroatoms. The Morgan fingerprint density at radius 2 is 2.04 bits per heavy atom. The van der Waals surface area contributed by atoms with Gasteiger partial charge in [0.15, 0.2) is 11.6 Å². The Labute approximate surface area is 163 Å². The molecule has 0 unspecified atom stereocenters. The number of H-pyrrole nitrogens is 1. The minimum atomic E-state index is 0.581. The van der Waals surface area contributed by atoms with E-state index in [0.29, 0.717) is 10.8 Å². The van der Waals surface area contributed by atoms with Crippen LogP contribution in [0.25, 0.3) is 10.9 Å². The highest BCUT2D eigenvalue weighted by atomic mass is 35.5. The fourth-order valence-electron chi connectivity index (χ4n) is 3.36. The van der Waals surface area contributed by atoms with E-state index < -0.39 is 0 Å². The molecule has 2 aromatic heterocycles. The van der Waals surface area contributed by atoms with Crippen LogP contribution >= 0.6 is 11.6 Å². The maximum absolute atomic E-state index is 6.00. The number of pyridine rings is 1. The minimum absolute atomic E-state index is 0.581. The number of aromatic amines is 1. The molecule has 0 atom stereocenters. The maximum Gasteiger partial charge on any atom is 0.171 e. The van der Waals surface area contributed by atoms with Crippen LogP contribution in [0, 0.1) is 12.0 Å². The predicted octanol–water partition coefficient (Wildman–Crippen LogP) is 3.55. The number of nitrogens with zero attached hydrogens (tertiary/aromatic N) is 3. The monoisotopic (exact) mass is 380 g/mol. The summed E-state index contributed by atoms with van der Waals surface area (Å²) in [6, 6.07) is 13.4. The van der Waals surface area contributed by atoms with Crippen molar-refractivity contribution in [2.45, 2.75) is 6.42 Å². The Morgan fingerprint density at radius 1 is 1.22 bits per heavy atom. The summed E-state index contributed by atoms with van der Waals surface area (Å²) in [5, 5.41) is 1.83. The molecule has 5 nitrogen and oxygen atoms in total. The number of para-hydroxylation sites is 1. The van der Waals surface area contributed by atoms with Crippen LogP contribution in [0.4, 0.5) is 5.82 Å². The molecule has 4 rings (SSSR count). The summed E-state index contributed by atoms with van der Waals surface area (Å²) >= 11 is 6.00. The van der Waals surface area contributed by atoms with E-state index in [4.69, 9.17) is 16.3 Å². The van der Waals surface area contributed by atoms with Crippen LogP contribution in [0.3, 0.4) is 0 Å². The summed E-state index contributed by atoms with van der Waals surface area (Å²) in [4.78, 5) is 12.1. The van der Waals surface area contributed by atoms with Crippen molar-refractivity contribution in [3.8, 4) is 17.7 Å². The van der Waals surface area contributed by atoms with E-state index >= 15 is 0 Å². The Balaban J connectivity index is 1.37. The van der Waals surface area contributed by atoms with Gasteiger partial charge in [0.1, 0.15) is 0 Å². The van der Waals surface area contributed by atoms with Crippen molar-refractivity contribution < 1.29 is 4.74 Å². The van der Waals surface area contributed by atoms with Gasteiger partial charge in [-0.05, 0) is 11.6 Å². The number of rotatable bonds is 3. The SMILES string of the molecule is COc1cc(Cl)cnc1N1CCN(C#CCc2c[nH]c3ccccc23)CC1. The van der Waals surface area contributed by atoms with Gasteiger partial charge in [0.25, 0.3) is 0 Å². The van der Waals surface area contributed by atoms with Crippen molar-refractivity contribution in [1.29, 1.82) is 0 Å². The van der Waals surface area contributed by atoms with E-state index in [1.54, 1.807) is 19.4 Å². The van der Waals surface area contributed by atoms with Gasteiger partial charge in [0.2, 0.25) is 0 Å². The average Bonchev–Trinajstić information content (AvgIpc) is 3.12. The summed E-state index contributed by atoms with van der Waals surface area (Å²) < 4.78 is 5.41. The second-order valence-electron chi connectivity index (χ2n) is 6.48. The number of nitrogens with one attached hydrogen (secondary N) is 1. The lowest BCUT2D eigenvalue weighted by atomic mass is 10.1. The van der Waals surface area contributed by atoms with Crippen LogP contribution in [-0.4, -0.2) is 48.2 Å². The lowest BCUT2D eigenvalue weighted by molar-refractivity contribution is 0.361. The van der Waals surface area contributed by atoms with Gasteiger partial charge in [-0.3, -0.25) is 0 Å². The first-order valence-electron chi connectivity index (χ1n) is 8.97. The average molecular weight is 381 g/mol. The summed E-state index contributed by atoms with van der Waals surface area (Å²) in [7, 11) is 1.64. The first-order valence-corrected chi connectivity index (χ1v) is 9.35. The molecule has 27 heavy (non-hydrogen) atoms. The molecule has 1 N–H and O–H groups in total. The molecule has 0 aliphatic carbocycles. The number of aromatic nitrogens is 2. The Bertz CT molecular complexity index is 996. The highest BCUT2D eigenvalue weighted by Crippen LogP contribution is 2.29. The fourth-order valence-corrected chi connectivity index (χ4v) is 3.50. The summed E-state index contributed by atoms with van der Waals surface area (Å²) in [6.45, 7) is 3.45. The van der Waals surface area contributed by atoms with E-state index in [-0.39, 0.29) is 0 Å². The molecule has 0 saturated carbocycles. The maximum atomic E-state index is 6.00. The van der Waals surface area contributed by atoms with Crippen molar-refractivity contribution in [3.05, 3.63) is 53.3 Å². The summed E-state index contributed by atoms with van der Waals surface area (Å²) in [5.41, 5.74) is 2.40. The van der Waals surface area contributed by atoms with E-state index in [1.165, 1.54) is 10.9 Å². The molecule has 1 saturated heterocycles. The molecular weight excluding hydrogens is 360 g/mol. The van der Waals surface area contributed by atoms with E-state index in [2.05, 4.69) is 56.1 Å². The van der Waals surface area contributed by atoms with Gasteiger partial charge < -0.3 is 19.5 Å². The van der Waals surface area contributed by atoms with Gasteiger partial charge in [-0.25, -0.2) is 4.98 Å². The largest absolute Gasteiger partial charge is 0.493 e. The fraction of sp³-hybridized carbons (Fsp3) is 0.286. The van der Waals surface area contributed by atoms with Crippen molar-refractivity contribution in [2.75, 3.05) is 38.2 Å². The van der Waals surface area contributed by atoms with Crippen molar-refractivity contribution in [3.63, 3.8) is 0 Å². The molecule has 0 spiro atoms. The van der Waals surface area contributed by atoms with Crippen LogP contribution in [0.2, 0.25) is 5.02 Å². The first kappa shape index (κ1) is 17.6. The third-order valence-corrected chi connectivity index (χ3v) is 5.00. The third kappa shape index (κ3) is 3.81. The molecule has 1 aliphatic heterocycles. The van der Waals surface area contributed by atoms with Gasteiger partial charge in [-0.1, -0.05) is 35.7 Å². The number of benzene rings is 1. The molecular formula is C21H21ClN4O. The zero-order valence-corrected chi connectivity index (χ0v) is 16.0. The van der Waals surface area contributed by atoms with E-state index in [0.717, 1.165) is 43.9 Å². The Hall–Kier alpha value is -2.84. The number of fused-ring (bicyclic) bond motifs is 1. The number of ether oxygens (including phenoxy) is 1. The highest BCUT2D eigenvalue weighted by Gasteiger charge is 2.19. The molecule has 1 fully saturated rings. The van der Waals surface area contributed by atoms with Crippen molar-refractivity contribution in [2.24, 2.45) is 0 Å². The molecule has 138 valence electrons. The minimum Gasteiger partial charge on any atom is -0.493 e. The smallest absolute Gasteiger partial charge is 0.171 e. The highest BCUT2D eigenvalue weighted by molar-refractivity contribution is 6.30. The standard InChI is InChI=1S/C21H21ClN4O/c1-27-20-13-17(22)15-24-21(20)26-11-9-25(10-12-26)8-4-5-16-14-23-19-7-3-2-6-18(16)19/h2-3,6-7,13-15,23H,5,9-12H2,1H3. The van der Waals surface area contributed by atoms with Crippen LogP contribution in [-0.2, 0) is 6.42 Å². The van der Waals surface area contributed by atoms with Gasteiger partial charge in [-0.2, -0.15) is 0 Å². The van der Waals surface area contributed by atoms with Crippen LogP contribution in [0.5, 0.6) is 5.75 Å². The molecule has 1 aromatic carbocycles. The van der Waals surface area contributed by atoms with Gasteiger partial charge in [-0.15, -0.1) is 0 Å². The number of anilines is 1. The summed E-state index contributed by atoms with van der Waals surface area (Å²) in [5.74, 6) is 4.86. The molecule has 0 amide bonds. The second kappa shape index (κ2) is 7.81. The zero-order chi connectivity index (χ0) is 18.6. The third-order valence-electron chi connectivity index (χ3n) is 4.79. The number of hydrogen-bond donors (Lipinski definition) is 1. The van der Waals surface area contributed by atoms with Gasteiger partial charge in [0, 0.05) is 68.0 Å². The molecule has 0 radical (unpaired) electrons. The van der Waals surface area contributed by atoms with Crippen molar-refractivity contribution in [1.82, 2.24) is 14.9 Å².